The van der Waals surface area contributed by atoms with Crippen LogP contribution >= 0.6 is 0 Å². The van der Waals surface area contributed by atoms with E-state index in [0.717, 1.165) is 39.1 Å². The second-order valence-electron chi connectivity index (χ2n) is 3.63. The van der Waals surface area contributed by atoms with Crippen LogP contribution in [0.4, 0.5) is 0 Å². The van der Waals surface area contributed by atoms with E-state index in [9.17, 15) is 0 Å². The number of aliphatic hydroxyl groups excluding tert-OH is 1. The molecule has 0 bridgehead atoms. The smallest absolute Gasteiger partial charge is 0.0593 e. The summed E-state index contributed by atoms with van der Waals surface area (Å²) >= 11 is 0. The van der Waals surface area contributed by atoms with E-state index in [2.05, 4.69) is 11.8 Å². The number of likely N-dealkylation sites (tertiary alicyclic amines) is 1. The Morgan fingerprint density at radius 3 is 3.00 bits per heavy atom. The fourth-order valence-corrected chi connectivity index (χ4v) is 1.82. The van der Waals surface area contributed by atoms with Gasteiger partial charge in [0.05, 0.1) is 13.2 Å². The number of hydrogen-bond donors (Lipinski definition) is 1. The number of rotatable bonds is 6. The predicted molar refractivity (Wildman–Crippen MR) is 52.8 cm³/mol. The van der Waals surface area contributed by atoms with Crippen molar-refractivity contribution < 1.29 is 9.84 Å². The third kappa shape index (κ3) is 3.63. The van der Waals surface area contributed by atoms with Crippen LogP contribution in [0.2, 0.25) is 0 Å². The molecule has 1 aliphatic rings. The Balaban J connectivity index is 2.06. The zero-order chi connectivity index (χ0) is 9.52. The standard InChI is InChI=1S/C10H21NO2/c1-2-7-13-8-6-11-5-3-4-10(11)9-12/h10,12H,2-9H2,1H3/t10-/m1/s1. The maximum Gasteiger partial charge on any atom is 0.0593 e. The highest BCUT2D eigenvalue weighted by atomic mass is 16.5. The van der Waals surface area contributed by atoms with Crippen LogP contribution in [0, 0.1) is 0 Å². The summed E-state index contributed by atoms with van der Waals surface area (Å²) in [6.07, 6.45) is 3.45. The lowest BCUT2D eigenvalue weighted by Gasteiger charge is -2.22. The summed E-state index contributed by atoms with van der Waals surface area (Å²) in [6, 6.07) is 0.394. The Hall–Kier alpha value is -0.120. The molecule has 1 N–H and O–H groups in total. The lowest BCUT2D eigenvalue weighted by molar-refractivity contribution is 0.0856. The van der Waals surface area contributed by atoms with E-state index >= 15 is 0 Å². The van der Waals surface area contributed by atoms with Gasteiger partial charge in [0.15, 0.2) is 0 Å². The van der Waals surface area contributed by atoms with Gasteiger partial charge < -0.3 is 9.84 Å². The van der Waals surface area contributed by atoms with E-state index in [1.54, 1.807) is 0 Å². The highest BCUT2D eigenvalue weighted by Crippen LogP contribution is 2.15. The van der Waals surface area contributed by atoms with Crippen LogP contribution in [0.5, 0.6) is 0 Å². The van der Waals surface area contributed by atoms with E-state index in [1.807, 2.05) is 0 Å². The van der Waals surface area contributed by atoms with E-state index in [-0.39, 0.29) is 0 Å². The fraction of sp³-hybridized carbons (Fsp3) is 1.00. The molecule has 0 unspecified atom stereocenters. The largest absolute Gasteiger partial charge is 0.395 e. The minimum atomic E-state index is 0.299. The monoisotopic (exact) mass is 187 g/mol. The molecule has 3 nitrogen and oxygen atoms in total. The number of nitrogens with zero attached hydrogens (tertiary/aromatic N) is 1. The number of aliphatic hydroxyl groups is 1. The van der Waals surface area contributed by atoms with Crippen LogP contribution in [0.3, 0.4) is 0 Å². The molecule has 0 saturated carbocycles. The molecular weight excluding hydrogens is 166 g/mol. The van der Waals surface area contributed by atoms with Gasteiger partial charge >= 0.3 is 0 Å². The van der Waals surface area contributed by atoms with Gasteiger partial charge in [-0.15, -0.1) is 0 Å². The van der Waals surface area contributed by atoms with E-state index in [1.165, 1.54) is 6.42 Å². The zero-order valence-corrected chi connectivity index (χ0v) is 8.54. The highest BCUT2D eigenvalue weighted by Gasteiger charge is 2.22. The van der Waals surface area contributed by atoms with Crippen molar-refractivity contribution in [3.8, 4) is 0 Å². The van der Waals surface area contributed by atoms with Crippen LogP contribution in [-0.2, 0) is 4.74 Å². The van der Waals surface area contributed by atoms with Crippen molar-refractivity contribution in [2.75, 3.05) is 32.9 Å². The van der Waals surface area contributed by atoms with Gasteiger partial charge in [-0.2, -0.15) is 0 Å². The topological polar surface area (TPSA) is 32.7 Å². The Bertz CT molecular complexity index is 130. The van der Waals surface area contributed by atoms with Crippen molar-refractivity contribution in [3.63, 3.8) is 0 Å². The van der Waals surface area contributed by atoms with Gasteiger partial charge in [-0.1, -0.05) is 6.92 Å². The molecule has 13 heavy (non-hydrogen) atoms. The van der Waals surface area contributed by atoms with Gasteiger partial charge in [0.1, 0.15) is 0 Å². The van der Waals surface area contributed by atoms with E-state index < -0.39 is 0 Å². The third-order valence-electron chi connectivity index (χ3n) is 2.58. The van der Waals surface area contributed by atoms with Crippen LogP contribution < -0.4 is 0 Å². The molecule has 1 saturated heterocycles. The van der Waals surface area contributed by atoms with Gasteiger partial charge in [-0.05, 0) is 25.8 Å². The zero-order valence-electron chi connectivity index (χ0n) is 8.54. The molecule has 0 aromatic heterocycles. The number of ether oxygens (including phenoxy) is 1. The summed E-state index contributed by atoms with van der Waals surface area (Å²) in [5, 5.41) is 9.06. The molecule has 0 aliphatic carbocycles. The van der Waals surface area contributed by atoms with Gasteiger partial charge in [0, 0.05) is 19.2 Å². The fourth-order valence-electron chi connectivity index (χ4n) is 1.82. The van der Waals surface area contributed by atoms with Crippen molar-refractivity contribution >= 4 is 0 Å². The molecule has 0 aromatic rings. The second kappa shape index (κ2) is 6.35. The molecule has 1 fully saturated rings. The minimum Gasteiger partial charge on any atom is -0.395 e. The maximum absolute atomic E-state index is 9.06. The first-order valence-corrected chi connectivity index (χ1v) is 5.31. The summed E-state index contributed by atoms with van der Waals surface area (Å²) in [7, 11) is 0. The maximum atomic E-state index is 9.06. The molecule has 3 heteroatoms. The predicted octanol–water partition coefficient (Wildman–Crippen LogP) is 0.870. The second-order valence-corrected chi connectivity index (χ2v) is 3.63. The van der Waals surface area contributed by atoms with Gasteiger partial charge in [0.2, 0.25) is 0 Å². The first-order valence-electron chi connectivity index (χ1n) is 5.31. The molecule has 1 rings (SSSR count). The van der Waals surface area contributed by atoms with Crippen LogP contribution in [0.15, 0.2) is 0 Å². The van der Waals surface area contributed by atoms with Crippen molar-refractivity contribution in [2.45, 2.75) is 32.2 Å². The van der Waals surface area contributed by atoms with Gasteiger partial charge in [-0.3, -0.25) is 4.90 Å². The van der Waals surface area contributed by atoms with E-state index in [4.69, 9.17) is 9.84 Å². The molecule has 0 aromatic carbocycles. The summed E-state index contributed by atoms with van der Waals surface area (Å²) in [4.78, 5) is 2.33. The van der Waals surface area contributed by atoms with E-state index in [0.29, 0.717) is 12.6 Å². The minimum absolute atomic E-state index is 0.299. The summed E-state index contributed by atoms with van der Waals surface area (Å²) < 4.78 is 5.41. The molecular formula is C10H21NO2. The third-order valence-corrected chi connectivity index (χ3v) is 2.58. The quantitative estimate of drug-likeness (QED) is 0.626. The van der Waals surface area contributed by atoms with Crippen molar-refractivity contribution in [2.24, 2.45) is 0 Å². The lowest BCUT2D eigenvalue weighted by Crippen LogP contribution is -2.34. The molecule has 0 spiro atoms. The molecule has 0 radical (unpaired) electrons. The molecule has 1 aliphatic heterocycles. The summed E-state index contributed by atoms with van der Waals surface area (Å²) in [6.45, 7) is 6.19. The molecule has 1 heterocycles. The summed E-state index contributed by atoms with van der Waals surface area (Å²) in [5.74, 6) is 0. The number of hydrogen-bond acceptors (Lipinski definition) is 3. The van der Waals surface area contributed by atoms with Gasteiger partial charge in [-0.25, -0.2) is 0 Å². The van der Waals surface area contributed by atoms with Crippen LogP contribution in [0.1, 0.15) is 26.2 Å². The van der Waals surface area contributed by atoms with Crippen molar-refractivity contribution in [1.29, 1.82) is 0 Å². The summed E-state index contributed by atoms with van der Waals surface area (Å²) in [5.41, 5.74) is 0. The average molecular weight is 187 g/mol. The molecule has 78 valence electrons. The Morgan fingerprint density at radius 2 is 2.31 bits per heavy atom. The SMILES string of the molecule is CCCOCCN1CCC[C@@H]1CO. The first-order chi connectivity index (χ1) is 6.38. The molecule has 1 atom stereocenters. The Morgan fingerprint density at radius 1 is 1.46 bits per heavy atom. The van der Waals surface area contributed by atoms with Gasteiger partial charge in [0.25, 0.3) is 0 Å². The average Bonchev–Trinajstić information content (AvgIpc) is 2.60. The Labute approximate surface area is 80.7 Å². The highest BCUT2D eigenvalue weighted by molar-refractivity contribution is 4.77. The molecule has 0 amide bonds. The normalized spacial score (nSPS) is 24.0. The van der Waals surface area contributed by atoms with Crippen LogP contribution in [0.25, 0.3) is 0 Å². The first kappa shape index (κ1) is 11.0. The Kier molecular flexibility index (Phi) is 5.35. The van der Waals surface area contributed by atoms with Crippen molar-refractivity contribution in [1.82, 2.24) is 4.90 Å². The van der Waals surface area contributed by atoms with Crippen molar-refractivity contribution in [3.05, 3.63) is 0 Å². The van der Waals surface area contributed by atoms with Crippen LogP contribution in [-0.4, -0.2) is 49.0 Å². The lowest BCUT2D eigenvalue weighted by atomic mass is 10.2.